The van der Waals surface area contributed by atoms with Crippen molar-refractivity contribution in [3.05, 3.63) is 66.4 Å². The minimum absolute atomic E-state index is 0.181. The maximum atomic E-state index is 10.5. The summed E-state index contributed by atoms with van der Waals surface area (Å²) in [6.07, 6.45) is 3.95. The number of fused-ring (bicyclic) bond motifs is 1. The average molecular weight is 471 g/mol. The van der Waals surface area contributed by atoms with Crippen LogP contribution in [0.1, 0.15) is 24.4 Å². The Morgan fingerprint density at radius 3 is 2.40 bits per heavy atom. The lowest BCUT2D eigenvalue weighted by molar-refractivity contribution is 0.122. The number of nitrogens with zero attached hydrogens (tertiary/aromatic N) is 6. The molecule has 2 aromatic carbocycles. The van der Waals surface area contributed by atoms with E-state index in [2.05, 4.69) is 44.8 Å². The van der Waals surface area contributed by atoms with Gasteiger partial charge in [-0.1, -0.05) is 42.5 Å². The number of para-hydroxylation sites is 1. The molecule has 0 amide bonds. The number of aromatic hydroxyl groups is 1. The second-order valence-electron chi connectivity index (χ2n) is 9.31. The van der Waals surface area contributed by atoms with Gasteiger partial charge in [-0.3, -0.25) is 4.90 Å². The molecule has 0 radical (unpaired) electrons. The van der Waals surface area contributed by atoms with E-state index in [4.69, 9.17) is 19.8 Å². The van der Waals surface area contributed by atoms with Gasteiger partial charge in [0.2, 0.25) is 0 Å². The Morgan fingerprint density at radius 1 is 0.886 bits per heavy atom. The van der Waals surface area contributed by atoms with Crippen LogP contribution in [0.5, 0.6) is 5.75 Å². The lowest BCUT2D eigenvalue weighted by Gasteiger charge is -2.32. The Labute approximate surface area is 204 Å². The molecule has 2 aliphatic rings. The molecule has 6 rings (SSSR count). The fourth-order valence-electron chi connectivity index (χ4n) is 5.14. The molecule has 4 heterocycles. The first kappa shape index (κ1) is 22.0. The number of piperidine rings is 1. The molecule has 0 unspecified atom stereocenters. The normalized spacial score (nSPS) is 17.8. The quantitative estimate of drug-likeness (QED) is 0.474. The molecule has 180 valence electrons. The van der Waals surface area contributed by atoms with Crippen molar-refractivity contribution in [1.29, 1.82) is 0 Å². The Balaban J connectivity index is 1.32. The van der Waals surface area contributed by atoms with Gasteiger partial charge in [0.25, 0.3) is 0 Å². The molecule has 2 aliphatic heterocycles. The van der Waals surface area contributed by atoms with Gasteiger partial charge in [0, 0.05) is 32.7 Å². The van der Waals surface area contributed by atoms with Crippen molar-refractivity contribution in [2.45, 2.75) is 25.4 Å². The number of phenolic OH excluding ortho intramolecular Hbond substituents is 1. The van der Waals surface area contributed by atoms with Crippen LogP contribution in [0, 0.1) is 0 Å². The molecule has 0 spiro atoms. The highest BCUT2D eigenvalue weighted by molar-refractivity contribution is 5.89. The fraction of sp³-hybridized carbons (Fsp3) is 0.370. The highest BCUT2D eigenvalue weighted by Gasteiger charge is 2.26. The number of aromatic nitrogens is 4. The van der Waals surface area contributed by atoms with Gasteiger partial charge in [-0.15, -0.1) is 0 Å². The summed E-state index contributed by atoms with van der Waals surface area (Å²) in [6, 6.07) is 18.2. The fourth-order valence-corrected chi connectivity index (χ4v) is 5.14. The molecule has 8 nitrogen and oxygen atoms in total. The van der Waals surface area contributed by atoms with E-state index in [-0.39, 0.29) is 11.8 Å². The smallest absolute Gasteiger partial charge is 0.167 e. The largest absolute Gasteiger partial charge is 0.507 e. The average Bonchev–Trinajstić information content (AvgIpc) is 3.34. The van der Waals surface area contributed by atoms with Crippen LogP contribution in [-0.2, 0) is 11.3 Å². The Hall–Kier alpha value is -3.49. The SMILES string of the molecule is Oc1ccccc1-c1nc(N2CCOCC2)c2cnn(C3CCN(Cc4ccccc4)CC3)c2n1. The number of likely N-dealkylation sites (tertiary alicyclic amines) is 1. The highest BCUT2D eigenvalue weighted by atomic mass is 16.5. The van der Waals surface area contributed by atoms with Gasteiger partial charge < -0.3 is 14.7 Å². The monoisotopic (exact) mass is 470 g/mol. The predicted octanol–water partition coefficient (Wildman–Crippen LogP) is 3.87. The van der Waals surface area contributed by atoms with E-state index >= 15 is 0 Å². The standard InChI is InChI=1S/C27H30N6O2/c34-24-9-5-4-8-22(24)25-29-26(32-14-16-35-17-15-32)23-18-28-33(27(23)30-25)21-10-12-31(13-11-21)19-20-6-2-1-3-7-20/h1-9,18,21,34H,10-17,19H2. The van der Waals surface area contributed by atoms with Gasteiger partial charge >= 0.3 is 0 Å². The number of hydrogen-bond acceptors (Lipinski definition) is 7. The number of phenols is 1. The van der Waals surface area contributed by atoms with Crippen LogP contribution in [0.15, 0.2) is 60.8 Å². The zero-order chi connectivity index (χ0) is 23.6. The zero-order valence-electron chi connectivity index (χ0n) is 19.8. The van der Waals surface area contributed by atoms with Crippen LogP contribution in [0.4, 0.5) is 5.82 Å². The van der Waals surface area contributed by atoms with E-state index in [1.807, 2.05) is 24.4 Å². The highest BCUT2D eigenvalue weighted by Crippen LogP contribution is 2.34. The Morgan fingerprint density at radius 2 is 1.63 bits per heavy atom. The second kappa shape index (κ2) is 9.64. The van der Waals surface area contributed by atoms with Gasteiger partial charge in [-0.2, -0.15) is 5.10 Å². The van der Waals surface area contributed by atoms with Crippen molar-refractivity contribution in [1.82, 2.24) is 24.6 Å². The molecule has 0 atom stereocenters. The molecule has 2 aromatic heterocycles. The number of hydrogen-bond donors (Lipinski definition) is 1. The third-order valence-electron chi connectivity index (χ3n) is 7.04. The summed E-state index contributed by atoms with van der Waals surface area (Å²) in [6.45, 7) is 5.92. The van der Waals surface area contributed by atoms with Crippen molar-refractivity contribution in [3.8, 4) is 17.1 Å². The Kier molecular flexibility index (Phi) is 6.06. The van der Waals surface area contributed by atoms with E-state index in [1.165, 1.54) is 5.56 Å². The topological polar surface area (TPSA) is 79.5 Å². The first-order valence-corrected chi connectivity index (χ1v) is 12.4. The van der Waals surface area contributed by atoms with Crippen LogP contribution >= 0.6 is 0 Å². The summed E-state index contributed by atoms with van der Waals surface area (Å²) < 4.78 is 7.66. The van der Waals surface area contributed by atoms with Gasteiger partial charge in [0.15, 0.2) is 11.5 Å². The lowest BCUT2D eigenvalue weighted by atomic mass is 10.0. The third kappa shape index (κ3) is 4.47. The number of anilines is 1. The van der Waals surface area contributed by atoms with Crippen LogP contribution in [-0.4, -0.2) is 69.1 Å². The van der Waals surface area contributed by atoms with E-state index in [0.29, 0.717) is 24.6 Å². The van der Waals surface area contributed by atoms with E-state index in [9.17, 15) is 5.11 Å². The minimum Gasteiger partial charge on any atom is -0.507 e. The molecule has 0 saturated carbocycles. The molecule has 1 N–H and O–H groups in total. The summed E-state index contributed by atoms with van der Waals surface area (Å²) in [5.74, 6) is 1.57. The number of benzene rings is 2. The van der Waals surface area contributed by atoms with Gasteiger partial charge in [0.1, 0.15) is 11.6 Å². The third-order valence-corrected chi connectivity index (χ3v) is 7.04. The molecule has 35 heavy (non-hydrogen) atoms. The first-order chi connectivity index (χ1) is 17.3. The number of rotatable bonds is 5. The molecule has 2 saturated heterocycles. The van der Waals surface area contributed by atoms with Gasteiger partial charge in [0.05, 0.1) is 36.4 Å². The van der Waals surface area contributed by atoms with Crippen molar-refractivity contribution in [3.63, 3.8) is 0 Å². The summed E-state index contributed by atoms with van der Waals surface area (Å²) >= 11 is 0. The summed E-state index contributed by atoms with van der Waals surface area (Å²) in [7, 11) is 0. The molecule has 0 aliphatic carbocycles. The van der Waals surface area contributed by atoms with Crippen molar-refractivity contribution >= 4 is 16.9 Å². The van der Waals surface area contributed by atoms with Crippen LogP contribution in [0.25, 0.3) is 22.4 Å². The number of morpholine rings is 1. The van der Waals surface area contributed by atoms with Crippen LogP contribution < -0.4 is 4.90 Å². The van der Waals surface area contributed by atoms with Gasteiger partial charge in [-0.25, -0.2) is 14.6 Å². The van der Waals surface area contributed by atoms with Gasteiger partial charge in [-0.05, 0) is 30.5 Å². The molecule has 2 fully saturated rings. The van der Waals surface area contributed by atoms with Crippen molar-refractivity contribution in [2.24, 2.45) is 0 Å². The molecule has 8 heteroatoms. The lowest BCUT2D eigenvalue weighted by Crippen LogP contribution is -2.37. The minimum atomic E-state index is 0.181. The van der Waals surface area contributed by atoms with Crippen LogP contribution in [0.3, 0.4) is 0 Å². The van der Waals surface area contributed by atoms with Crippen LogP contribution in [0.2, 0.25) is 0 Å². The summed E-state index contributed by atoms with van der Waals surface area (Å²) in [5.41, 5.74) is 2.82. The Bertz CT molecular complexity index is 1290. The zero-order valence-corrected chi connectivity index (χ0v) is 19.8. The summed E-state index contributed by atoms with van der Waals surface area (Å²) in [5, 5.41) is 16.3. The maximum absolute atomic E-state index is 10.5. The van der Waals surface area contributed by atoms with E-state index < -0.39 is 0 Å². The summed E-state index contributed by atoms with van der Waals surface area (Å²) in [4.78, 5) is 14.6. The van der Waals surface area contributed by atoms with Crippen molar-refractivity contribution < 1.29 is 9.84 Å². The molecular formula is C27H30N6O2. The van der Waals surface area contributed by atoms with E-state index in [0.717, 1.165) is 62.4 Å². The second-order valence-corrected chi connectivity index (χ2v) is 9.31. The van der Waals surface area contributed by atoms with Crippen molar-refractivity contribution in [2.75, 3.05) is 44.3 Å². The predicted molar refractivity (Wildman–Crippen MR) is 135 cm³/mol. The van der Waals surface area contributed by atoms with E-state index in [1.54, 1.807) is 6.07 Å². The first-order valence-electron chi connectivity index (χ1n) is 12.4. The number of ether oxygens (including phenoxy) is 1. The molecule has 0 bridgehead atoms. The maximum Gasteiger partial charge on any atom is 0.167 e. The molecular weight excluding hydrogens is 440 g/mol. The molecule has 4 aromatic rings.